The Bertz CT molecular complexity index is 904. The zero-order valence-corrected chi connectivity index (χ0v) is 17.4. The third-order valence-electron chi connectivity index (χ3n) is 5.21. The Labute approximate surface area is 167 Å². The highest BCUT2D eigenvalue weighted by Crippen LogP contribution is 2.29. The van der Waals surface area contributed by atoms with E-state index in [0.717, 1.165) is 54.5 Å². The lowest BCUT2D eigenvalue weighted by molar-refractivity contribution is 0.0714. The molecule has 142 valence electrons. The number of amides is 1. The van der Waals surface area contributed by atoms with Crippen molar-refractivity contribution in [3.05, 3.63) is 56.2 Å². The van der Waals surface area contributed by atoms with Gasteiger partial charge in [-0.25, -0.2) is 9.97 Å². The molecule has 0 N–H and O–H groups in total. The normalized spacial score (nSPS) is 15.4. The molecule has 1 amide bonds. The van der Waals surface area contributed by atoms with Crippen molar-refractivity contribution >= 4 is 28.6 Å². The standard InChI is InChI=1S/C20H24N4OS2/c1-14-18(27-15(2)22-14)20(25)24-9-4-17(5-10-24)19-21-7-11-23(19)8-3-16-6-12-26-13-16/h6-7,11-13,17H,3-5,8-10H2,1-2H3. The summed E-state index contributed by atoms with van der Waals surface area (Å²) in [7, 11) is 0. The Morgan fingerprint density at radius 3 is 2.78 bits per heavy atom. The fraction of sp³-hybridized carbons (Fsp3) is 0.450. The monoisotopic (exact) mass is 400 g/mol. The predicted octanol–water partition coefficient (Wildman–Crippen LogP) is 4.28. The van der Waals surface area contributed by atoms with Crippen molar-refractivity contribution in [1.29, 1.82) is 0 Å². The number of nitrogens with zero attached hydrogens (tertiary/aromatic N) is 4. The Hall–Kier alpha value is -1.99. The first-order chi connectivity index (χ1) is 13.1. The van der Waals surface area contributed by atoms with Crippen molar-refractivity contribution in [2.24, 2.45) is 0 Å². The Kier molecular flexibility index (Phi) is 5.41. The van der Waals surface area contributed by atoms with E-state index >= 15 is 0 Å². The molecule has 3 aromatic rings. The number of hydrogen-bond acceptors (Lipinski definition) is 5. The molecule has 0 spiro atoms. The second-order valence-electron chi connectivity index (χ2n) is 7.07. The topological polar surface area (TPSA) is 51.0 Å². The molecular formula is C20H24N4OS2. The van der Waals surface area contributed by atoms with Crippen molar-refractivity contribution in [3.63, 3.8) is 0 Å². The first kappa shape index (κ1) is 18.4. The Morgan fingerprint density at radius 1 is 1.30 bits per heavy atom. The molecule has 4 rings (SSSR count). The molecule has 0 saturated carbocycles. The van der Waals surface area contributed by atoms with Crippen LogP contribution in [0.4, 0.5) is 0 Å². The van der Waals surface area contributed by atoms with Gasteiger partial charge in [0.1, 0.15) is 10.7 Å². The van der Waals surface area contributed by atoms with Crippen LogP contribution in [0.5, 0.6) is 0 Å². The fourth-order valence-electron chi connectivity index (χ4n) is 3.77. The predicted molar refractivity (Wildman–Crippen MR) is 110 cm³/mol. The molecule has 27 heavy (non-hydrogen) atoms. The van der Waals surface area contributed by atoms with E-state index in [-0.39, 0.29) is 5.91 Å². The lowest BCUT2D eigenvalue weighted by atomic mass is 9.95. The Balaban J connectivity index is 1.37. The molecule has 0 unspecified atom stereocenters. The van der Waals surface area contributed by atoms with Gasteiger partial charge in [-0.1, -0.05) is 0 Å². The number of hydrogen-bond donors (Lipinski definition) is 0. The van der Waals surface area contributed by atoms with E-state index in [1.165, 1.54) is 22.7 Å². The molecule has 1 saturated heterocycles. The second-order valence-corrected chi connectivity index (χ2v) is 9.06. The second kappa shape index (κ2) is 7.94. The third-order valence-corrected chi connectivity index (χ3v) is 7.01. The van der Waals surface area contributed by atoms with E-state index in [9.17, 15) is 4.79 Å². The van der Waals surface area contributed by atoms with Gasteiger partial charge >= 0.3 is 0 Å². The van der Waals surface area contributed by atoms with Gasteiger partial charge in [-0.05, 0) is 55.5 Å². The van der Waals surface area contributed by atoms with Crippen molar-refractivity contribution in [2.45, 2.75) is 45.6 Å². The van der Waals surface area contributed by atoms with Crippen LogP contribution in [0.1, 0.15) is 50.5 Å². The molecule has 0 bridgehead atoms. The number of piperidine rings is 1. The van der Waals surface area contributed by atoms with Crippen molar-refractivity contribution in [3.8, 4) is 0 Å². The molecule has 0 aliphatic carbocycles. The number of thiazole rings is 1. The zero-order valence-electron chi connectivity index (χ0n) is 15.7. The highest BCUT2D eigenvalue weighted by molar-refractivity contribution is 7.13. The average molecular weight is 401 g/mol. The van der Waals surface area contributed by atoms with E-state index in [0.29, 0.717) is 5.92 Å². The van der Waals surface area contributed by atoms with E-state index in [1.807, 2.05) is 24.9 Å². The van der Waals surface area contributed by atoms with E-state index in [2.05, 4.69) is 37.6 Å². The zero-order chi connectivity index (χ0) is 18.8. The lowest BCUT2D eigenvalue weighted by Gasteiger charge is -2.31. The fourth-order valence-corrected chi connectivity index (χ4v) is 5.36. The summed E-state index contributed by atoms with van der Waals surface area (Å²) >= 11 is 3.25. The van der Waals surface area contributed by atoms with E-state index in [4.69, 9.17) is 0 Å². The van der Waals surface area contributed by atoms with Crippen LogP contribution in [0.15, 0.2) is 29.2 Å². The molecule has 7 heteroatoms. The summed E-state index contributed by atoms with van der Waals surface area (Å²) in [5, 5.41) is 5.30. The molecule has 0 radical (unpaired) electrons. The number of rotatable bonds is 5. The minimum absolute atomic E-state index is 0.136. The number of likely N-dealkylation sites (tertiary alicyclic amines) is 1. The van der Waals surface area contributed by atoms with Crippen LogP contribution in [-0.4, -0.2) is 38.4 Å². The van der Waals surface area contributed by atoms with Gasteiger partial charge in [0, 0.05) is 37.9 Å². The molecule has 3 aromatic heterocycles. The maximum Gasteiger partial charge on any atom is 0.265 e. The molecule has 0 atom stereocenters. The number of aromatic nitrogens is 3. The van der Waals surface area contributed by atoms with Gasteiger partial charge in [-0.3, -0.25) is 4.79 Å². The molecule has 4 heterocycles. The largest absolute Gasteiger partial charge is 0.338 e. The number of carbonyl (C=O) groups excluding carboxylic acids is 1. The first-order valence-electron chi connectivity index (χ1n) is 9.37. The van der Waals surface area contributed by atoms with Gasteiger partial charge in [-0.15, -0.1) is 11.3 Å². The quantitative estimate of drug-likeness (QED) is 0.642. The minimum atomic E-state index is 0.136. The summed E-state index contributed by atoms with van der Waals surface area (Å²) in [6.07, 6.45) is 6.97. The average Bonchev–Trinajstić information content (AvgIpc) is 3.40. The molecule has 1 fully saturated rings. The van der Waals surface area contributed by atoms with Crippen LogP contribution in [0.3, 0.4) is 0 Å². The minimum Gasteiger partial charge on any atom is -0.338 e. The number of carbonyl (C=O) groups is 1. The van der Waals surface area contributed by atoms with Crippen LogP contribution in [0.2, 0.25) is 0 Å². The summed E-state index contributed by atoms with van der Waals surface area (Å²) in [5.41, 5.74) is 2.24. The maximum atomic E-state index is 12.8. The Morgan fingerprint density at radius 2 is 2.11 bits per heavy atom. The number of imidazole rings is 1. The summed E-state index contributed by atoms with van der Waals surface area (Å²) < 4.78 is 2.29. The van der Waals surface area contributed by atoms with Gasteiger partial charge in [0.05, 0.1) is 10.7 Å². The molecule has 1 aliphatic rings. The van der Waals surface area contributed by atoms with Gasteiger partial charge in [0.2, 0.25) is 0 Å². The summed E-state index contributed by atoms with van der Waals surface area (Å²) in [4.78, 5) is 24.6. The van der Waals surface area contributed by atoms with Crippen LogP contribution >= 0.6 is 22.7 Å². The first-order valence-corrected chi connectivity index (χ1v) is 11.1. The summed E-state index contributed by atoms with van der Waals surface area (Å²) in [6.45, 7) is 6.42. The van der Waals surface area contributed by atoms with E-state index < -0.39 is 0 Å². The van der Waals surface area contributed by atoms with Gasteiger partial charge < -0.3 is 9.47 Å². The highest BCUT2D eigenvalue weighted by atomic mass is 32.1. The lowest BCUT2D eigenvalue weighted by Crippen LogP contribution is -2.38. The van der Waals surface area contributed by atoms with Crippen LogP contribution in [0, 0.1) is 13.8 Å². The van der Waals surface area contributed by atoms with Crippen LogP contribution in [-0.2, 0) is 13.0 Å². The highest BCUT2D eigenvalue weighted by Gasteiger charge is 2.28. The van der Waals surface area contributed by atoms with Crippen LogP contribution in [0.25, 0.3) is 0 Å². The molecule has 5 nitrogen and oxygen atoms in total. The maximum absolute atomic E-state index is 12.8. The van der Waals surface area contributed by atoms with Crippen molar-refractivity contribution in [1.82, 2.24) is 19.4 Å². The summed E-state index contributed by atoms with van der Waals surface area (Å²) in [5.74, 6) is 1.73. The smallest absolute Gasteiger partial charge is 0.265 e. The molecule has 1 aliphatic heterocycles. The van der Waals surface area contributed by atoms with Crippen molar-refractivity contribution < 1.29 is 4.79 Å². The molecule has 0 aromatic carbocycles. The van der Waals surface area contributed by atoms with E-state index in [1.54, 1.807) is 11.3 Å². The van der Waals surface area contributed by atoms with Gasteiger partial charge in [0.25, 0.3) is 5.91 Å². The SMILES string of the molecule is Cc1nc(C)c(C(=O)N2CCC(c3nccn3CCc3ccsc3)CC2)s1. The third kappa shape index (κ3) is 3.99. The van der Waals surface area contributed by atoms with Crippen LogP contribution < -0.4 is 0 Å². The molecular weight excluding hydrogens is 376 g/mol. The van der Waals surface area contributed by atoms with Gasteiger partial charge in [-0.2, -0.15) is 11.3 Å². The van der Waals surface area contributed by atoms with Crippen molar-refractivity contribution in [2.75, 3.05) is 13.1 Å². The van der Waals surface area contributed by atoms with Gasteiger partial charge in [0.15, 0.2) is 0 Å². The number of aryl methyl sites for hydroxylation is 4. The summed E-state index contributed by atoms with van der Waals surface area (Å²) in [6, 6.07) is 2.19. The number of thiophene rings is 1.